The van der Waals surface area contributed by atoms with Crippen LogP contribution in [0, 0.1) is 18.8 Å². The first-order valence-corrected chi connectivity index (χ1v) is 7.53. The highest BCUT2D eigenvalue weighted by atomic mass is 16.5. The third-order valence-electron chi connectivity index (χ3n) is 4.28. The second-order valence-corrected chi connectivity index (χ2v) is 6.04. The SMILES string of the molecule is COC(=O)c1ccc(C)c(NCC2CCCC(C)C2)c1. The Bertz CT molecular complexity index is 470. The molecule has 1 aromatic rings. The Hall–Kier alpha value is -1.51. The number of carbonyl (C=O) groups excluding carboxylic acids is 1. The molecule has 0 aliphatic heterocycles. The Kier molecular flexibility index (Phi) is 5.05. The number of ether oxygens (including phenoxy) is 1. The molecule has 1 N–H and O–H groups in total. The molecule has 2 rings (SSSR count). The van der Waals surface area contributed by atoms with E-state index in [1.165, 1.54) is 38.4 Å². The molecule has 0 bridgehead atoms. The summed E-state index contributed by atoms with van der Waals surface area (Å²) in [5.74, 6) is 1.32. The first-order chi connectivity index (χ1) is 9.60. The van der Waals surface area contributed by atoms with Crippen LogP contribution >= 0.6 is 0 Å². The van der Waals surface area contributed by atoms with Gasteiger partial charge in [0.05, 0.1) is 12.7 Å². The van der Waals surface area contributed by atoms with Gasteiger partial charge in [-0.1, -0.05) is 25.8 Å². The van der Waals surface area contributed by atoms with E-state index < -0.39 is 0 Å². The van der Waals surface area contributed by atoms with Crippen LogP contribution in [0.4, 0.5) is 5.69 Å². The topological polar surface area (TPSA) is 38.3 Å². The van der Waals surface area contributed by atoms with Gasteiger partial charge in [0, 0.05) is 12.2 Å². The zero-order valence-electron chi connectivity index (χ0n) is 12.7. The summed E-state index contributed by atoms with van der Waals surface area (Å²) < 4.78 is 4.77. The van der Waals surface area contributed by atoms with Gasteiger partial charge < -0.3 is 10.1 Å². The van der Waals surface area contributed by atoms with E-state index in [1.807, 2.05) is 18.2 Å². The normalized spacial score (nSPS) is 22.4. The summed E-state index contributed by atoms with van der Waals surface area (Å²) in [6.07, 6.45) is 5.33. The van der Waals surface area contributed by atoms with Crippen LogP contribution in [0.3, 0.4) is 0 Å². The molecule has 110 valence electrons. The average molecular weight is 275 g/mol. The van der Waals surface area contributed by atoms with Crippen LogP contribution in [-0.4, -0.2) is 19.6 Å². The Labute approximate surface area is 121 Å². The van der Waals surface area contributed by atoms with Crippen molar-refractivity contribution in [2.45, 2.75) is 39.5 Å². The lowest BCUT2D eigenvalue weighted by Gasteiger charge is -2.27. The summed E-state index contributed by atoms with van der Waals surface area (Å²) in [5.41, 5.74) is 2.82. The summed E-state index contributed by atoms with van der Waals surface area (Å²) in [6.45, 7) is 5.40. The zero-order chi connectivity index (χ0) is 14.5. The molecule has 2 atom stereocenters. The minimum atomic E-state index is -0.278. The molecular weight excluding hydrogens is 250 g/mol. The molecule has 3 nitrogen and oxygen atoms in total. The Morgan fingerprint density at radius 2 is 2.20 bits per heavy atom. The fraction of sp³-hybridized carbons (Fsp3) is 0.588. The van der Waals surface area contributed by atoms with Crippen molar-refractivity contribution in [1.29, 1.82) is 0 Å². The summed E-state index contributed by atoms with van der Waals surface area (Å²) in [4.78, 5) is 11.6. The smallest absolute Gasteiger partial charge is 0.337 e. The van der Waals surface area contributed by atoms with E-state index in [1.54, 1.807) is 0 Å². The maximum Gasteiger partial charge on any atom is 0.337 e. The minimum absolute atomic E-state index is 0.278. The van der Waals surface area contributed by atoms with E-state index in [0.717, 1.165) is 24.1 Å². The number of nitrogens with one attached hydrogen (secondary N) is 1. The largest absolute Gasteiger partial charge is 0.465 e. The number of hydrogen-bond acceptors (Lipinski definition) is 3. The summed E-state index contributed by atoms with van der Waals surface area (Å²) in [5, 5.41) is 3.51. The van der Waals surface area contributed by atoms with Gasteiger partial charge in [0.2, 0.25) is 0 Å². The summed E-state index contributed by atoms with van der Waals surface area (Å²) >= 11 is 0. The minimum Gasteiger partial charge on any atom is -0.465 e. The molecule has 0 amide bonds. The number of anilines is 1. The van der Waals surface area contributed by atoms with Gasteiger partial charge in [-0.2, -0.15) is 0 Å². The van der Waals surface area contributed by atoms with Gasteiger partial charge in [0.25, 0.3) is 0 Å². The van der Waals surface area contributed by atoms with E-state index in [0.29, 0.717) is 5.56 Å². The molecule has 20 heavy (non-hydrogen) atoms. The van der Waals surface area contributed by atoms with E-state index >= 15 is 0 Å². The third-order valence-corrected chi connectivity index (χ3v) is 4.28. The van der Waals surface area contributed by atoms with Crippen molar-refractivity contribution in [3.05, 3.63) is 29.3 Å². The van der Waals surface area contributed by atoms with Crippen molar-refractivity contribution >= 4 is 11.7 Å². The van der Waals surface area contributed by atoms with Crippen LogP contribution < -0.4 is 5.32 Å². The van der Waals surface area contributed by atoms with Crippen molar-refractivity contribution in [3.63, 3.8) is 0 Å². The molecule has 1 aliphatic rings. The van der Waals surface area contributed by atoms with Crippen LogP contribution in [0.15, 0.2) is 18.2 Å². The zero-order valence-corrected chi connectivity index (χ0v) is 12.7. The highest BCUT2D eigenvalue weighted by Crippen LogP contribution is 2.29. The molecular formula is C17H25NO2. The molecule has 0 radical (unpaired) electrons. The first-order valence-electron chi connectivity index (χ1n) is 7.53. The van der Waals surface area contributed by atoms with Crippen LogP contribution in [0.2, 0.25) is 0 Å². The Morgan fingerprint density at radius 3 is 2.90 bits per heavy atom. The quantitative estimate of drug-likeness (QED) is 0.843. The molecule has 3 heteroatoms. The van der Waals surface area contributed by atoms with Crippen LogP contribution in [0.25, 0.3) is 0 Å². The van der Waals surface area contributed by atoms with Crippen molar-refractivity contribution in [2.24, 2.45) is 11.8 Å². The standard InChI is InChI=1S/C17H25NO2/c1-12-5-4-6-14(9-12)11-18-16-10-15(17(19)20-3)8-7-13(16)2/h7-8,10,12,14,18H,4-6,9,11H2,1-3H3. The summed E-state index contributed by atoms with van der Waals surface area (Å²) in [6, 6.07) is 5.68. The van der Waals surface area contributed by atoms with Crippen LogP contribution in [0.5, 0.6) is 0 Å². The third kappa shape index (κ3) is 3.75. The second-order valence-electron chi connectivity index (χ2n) is 6.04. The van der Waals surface area contributed by atoms with E-state index in [2.05, 4.69) is 19.2 Å². The van der Waals surface area contributed by atoms with Crippen LogP contribution in [0.1, 0.15) is 48.5 Å². The van der Waals surface area contributed by atoms with Gasteiger partial charge in [-0.15, -0.1) is 0 Å². The molecule has 1 aliphatic carbocycles. The van der Waals surface area contributed by atoms with Gasteiger partial charge in [-0.05, 0) is 49.3 Å². The molecule has 2 unspecified atom stereocenters. The lowest BCUT2D eigenvalue weighted by atomic mass is 9.82. The van der Waals surface area contributed by atoms with Gasteiger partial charge in [-0.3, -0.25) is 0 Å². The van der Waals surface area contributed by atoms with Crippen molar-refractivity contribution in [2.75, 3.05) is 19.0 Å². The number of aryl methyl sites for hydroxylation is 1. The number of methoxy groups -OCH3 is 1. The Morgan fingerprint density at radius 1 is 1.40 bits per heavy atom. The predicted molar refractivity (Wildman–Crippen MR) is 82.1 cm³/mol. The lowest BCUT2D eigenvalue weighted by Crippen LogP contribution is -2.21. The fourth-order valence-electron chi connectivity index (χ4n) is 3.06. The number of esters is 1. The average Bonchev–Trinajstić information content (AvgIpc) is 2.45. The van der Waals surface area contributed by atoms with Gasteiger partial charge in [0.1, 0.15) is 0 Å². The van der Waals surface area contributed by atoms with Crippen LogP contribution in [-0.2, 0) is 4.74 Å². The lowest BCUT2D eigenvalue weighted by molar-refractivity contribution is 0.0601. The molecule has 0 heterocycles. The maximum absolute atomic E-state index is 11.6. The Balaban J connectivity index is 1.99. The second kappa shape index (κ2) is 6.78. The number of carbonyl (C=O) groups is 1. The van der Waals surface area contributed by atoms with Gasteiger partial charge >= 0.3 is 5.97 Å². The van der Waals surface area contributed by atoms with Crippen molar-refractivity contribution in [1.82, 2.24) is 0 Å². The van der Waals surface area contributed by atoms with Gasteiger partial charge in [0.15, 0.2) is 0 Å². The molecule has 0 spiro atoms. The fourth-order valence-corrected chi connectivity index (χ4v) is 3.06. The van der Waals surface area contributed by atoms with E-state index in [4.69, 9.17) is 4.74 Å². The molecule has 1 fully saturated rings. The van der Waals surface area contributed by atoms with E-state index in [-0.39, 0.29) is 5.97 Å². The molecule has 1 aromatic carbocycles. The monoisotopic (exact) mass is 275 g/mol. The number of hydrogen-bond donors (Lipinski definition) is 1. The molecule has 0 saturated heterocycles. The predicted octanol–water partition coefficient (Wildman–Crippen LogP) is 4.02. The molecule has 0 aromatic heterocycles. The number of rotatable bonds is 4. The van der Waals surface area contributed by atoms with Gasteiger partial charge in [-0.25, -0.2) is 4.79 Å². The van der Waals surface area contributed by atoms with Crippen molar-refractivity contribution in [3.8, 4) is 0 Å². The van der Waals surface area contributed by atoms with E-state index in [9.17, 15) is 4.79 Å². The highest BCUT2D eigenvalue weighted by molar-refractivity contribution is 5.90. The highest BCUT2D eigenvalue weighted by Gasteiger charge is 2.18. The molecule has 1 saturated carbocycles. The first kappa shape index (κ1) is 14.9. The number of benzene rings is 1. The summed E-state index contributed by atoms with van der Waals surface area (Å²) in [7, 11) is 1.42. The van der Waals surface area contributed by atoms with Crippen molar-refractivity contribution < 1.29 is 9.53 Å². The maximum atomic E-state index is 11.6.